The zero-order valence-electron chi connectivity index (χ0n) is 17.7. The molecule has 7 nitrogen and oxygen atoms in total. The summed E-state index contributed by atoms with van der Waals surface area (Å²) in [6, 6.07) is 9.85. The van der Waals surface area contributed by atoms with Gasteiger partial charge < -0.3 is 9.64 Å². The molecule has 0 radical (unpaired) electrons. The predicted octanol–water partition coefficient (Wildman–Crippen LogP) is 4.07. The molecule has 1 aromatic carbocycles. The largest absolute Gasteiger partial charge is 0.481 e. The maximum atomic E-state index is 14.5. The molecule has 2 aromatic heterocycles. The second-order valence-corrected chi connectivity index (χ2v) is 8.14. The van der Waals surface area contributed by atoms with Gasteiger partial charge >= 0.3 is 0 Å². The van der Waals surface area contributed by atoms with Crippen LogP contribution in [0, 0.1) is 17.1 Å². The van der Waals surface area contributed by atoms with E-state index in [1.54, 1.807) is 25.4 Å². The van der Waals surface area contributed by atoms with Gasteiger partial charge in [0.25, 0.3) is 5.91 Å². The molecule has 1 aliphatic heterocycles. The smallest absolute Gasteiger partial charge is 0.274 e. The number of rotatable bonds is 5. The summed E-state index contributed by atoms with van der Waals surface area (Å²) in [5, 5.41) is 9.10. The Morgan fingerprint density at radius 3 is 2.59 bits per heavy atom. The molecular weight excluding hydrogens is 409 g/mol. The van der Waals surface area contributed by atoms with Crippen LogP contribution in [0.3, 0.4) is 0 Å². The number of amides is 1. The molecule has 0 bridgehead atoms. The first kappa shape index (κ1) is 20.2. The van der Waals surface area contributed by atoms with Crippen LogP contribution in [0.15, 0.2) is 36.5 Å². The van der Waals surface area contributed by atoms with Crippen molar-refractivity contribution in [1.82, 2.24) is 19.4 Å². The molecule has 2 aliphatic rings. The number of nitriles is 1. The van der Waals surface area contributed by atoms with Crippen LogP contribution in [0.4, 0.5) is 4.39 Å². The second kappa shape index (κ2) is 8.08. The zero-order chi connectivity index (χ0) is 22.2. The van der Waals surface area contributed by atoms with Crippen LogP contribution in [-0.4, -0.2) is 45.5 Å². The molecule has 1 aliphatic carbocycles. The number of halogens is 1. The van der Waals surface area contributed by atoms with Gasteiger partial charge in [-0.1, -0.05) is 0 Å². The van der Waals surface area contributed by atoms with E-state index < -0.39 is 5.82 Å². The Morgan fingerprint density at radius 1 is 1.22 bits per heavy atom. The second-order valence-electron chi connectivity index (χ2n) is 8.14. The van der Waals surface area contributed by atoms with Crippen molar-refractivity contribution in [3.05, 3.63) is 59.3 Å². The van der Waals surface area contributed by atoms with E-state index in [0.717, 1.165) is 50.2 Å². The molecule has 2 fully saturated rings. The van der Waals surface area contributed by atoms with Gasteiger partial charge in [0.1, 0.15) is 17.7 Å². The third-order valence-corrected chi connectivity index (χ3v) is 6.01. The number of hydrogen-bond acceptors (Lipinski definition) is 5. The van der Waals surface area contributed by atoms with Crippen molar-refractivity contribution in [2.45, 2.75) is 31.6 Å². The molecule has 1 saturated heterocycles. The summed E-state index contributed by atoms with van der Waals surface area (Å²) in [5.41, 5.74) is 2.45. The number of likely N-dealkylation sites (tertiary alicyclic amines) is 1. The van der Waals surface area contributed by atoms with E-state index in [9.17, 15) is 9.18 Å². The van der Waals surface area contributed by atoms with Crippen LogP contribution < -0.4 is 4.74 Å². The Balaban J connectivity index is 1.72. The van der Waals surface area contributed by atoms with Gasteiger partial charge in [0, 0.05) is 30.6 Å². The van der Waals surface area contributed by atoms with Gasteiger partial charge in [0.15, 0.2) is 5.69 Å². The fourth-order valence-corrected chi connectivity index (χ4v) is 4.22. The SMILES string of the molecule is COc1ccc(-n2c(-c3ccc(C#N)c(F)c3)nc(C(=O)N3CCCC3)c2C2CC2)cn1. The highest BCUT2D eigenvalue weighted by Crippen LogP contribution is 2.45. The molecule has 3 heterocycles. The molecule has 1 amide bonds. The minimum absolute atomic E-state index is 0.0336. The highest BCUT2D eigenvalue weighted by molar-refractivity contribution is 5.95. The molecule has 0 atom stereocenters. The van der Waals surface area contributed by atoms with Crippen molar-refractivity contribution < 1.29 is 13.9 Å². The zero-order valence-corrected chi connectivity index (χ0v) is 17.7. The molecule has 0 N–H and O–H groups in total. The monoisotopic (exact) mass is 431 g/mol. The predicted molar refractivity (Wildman–Crippen MR) is 115 cm³/mol. The molecule has 3 aromatic rings. The fourth-order valence-electron chi connectivity index (χ4n) is 4.22. The maximum absolute atomic E-state index is 14.5. The van der Waals surface area contributed by atoms with Gasteiger partial charge in [-0.2, -0.15) is 5.26 Å². The number of methoxy groups -OCH3 is 1. The average Bonchev–Trinajstić information content (AvgIpc) is 3.35. The van der Waals surface area contributed by atoms with Crippen molar-refractivity contribution in [1.29, 1.82) is 5.26 Å². The quantitative estimate of drug-likeness (QED) is 0.608. The van der Waals surface area contributed by atoms with Gasteiger partial charge in [0.2, 0.25) is 5.88 Å². The number of carbonyl (C=O) groups excluding carboxylic acids is 1. The Hall–Kier alpha value is -3.73. The van der Waals surface area contributed by atoms with Crippen LogP contribution in [-0.2, 0) is 0 Å². The number of ether oxygens (including phenoxy) is 1. The van der Waals surface area contributed by atoms with Crippen molar-refractivity contribution in [2.24, 2.45) is 0 Å². The van der Waals surface area contributed by atoms with E-state index in [4.69, 9.17) is 15.0 Å². The van der Waals surface area contributed by atoms with E-state index >= 15 is 0 Å². The summed E-state index contributed by atoms with van der Waals surface area (Å²) >= 11 is 0. The van der Waals surface area contributed by atoms with Gasteiger partial charge in [0.05, 0.1) is 30.3 Å². The fraction of sp³-hybridized carbons (Fsp3) is 0.333. The lowest BCUT2D eigenvalue weighted by atomic mass is 10.1. The topological polar surface area (TPSA) is 84.0 Å². The minimum Gasteiger partial charge on any atom is -0.481 e. The summed E-state index contributed by atoms with van der Waals surface area (Å²) in [7, 11) is 1.55. The Bertz CT molecular complexity index is 1220. The standard InChI is InChI=1S/C24H22FN5O2/c1-32-20-9-8-18(14-27-20)30-22(15-4-5-15)21(24(31)29-10-2-3-11-29)28-23(30)16-6-7-17(13-26)19(25)12-16/h6-9,12,14-15H,2-5,10-11H2,1H3. The summed E-state index contributed by atoms with van der Waals surface area (Å²) in [6.07, 6.45) is 5.58. The van der Waals surface area contributed by atoms with Crippen LogP contribution in [0.5, 0.6) is 5.88 Å². The first-order chi connectivity index (χ1) is 15.6. The molecule has 32 heavy (non-hydrogen) atoms. The first-order valence-corrected chi connectivity index (χ1v) is 10.7. The summed E-state index contributed by atoms with van der Waals surface area (Å²) in [6.45, 7) is 1.45. The maximum Gasteiger partial charge on any atom is 0.274 e. The molecule has 162 valence electrons. The van der Waals surface area contributed by atoms with E-state index in [1.807, 2.05) is 21.6 Å². The van der Waals surface area contributed by atoms with E-state index in [1.165, 1.54) is 12.1 Å². The molecule has 8 heteroatoms. The molecule has 0 unspecified atom stereocenters. The summed E-state index contributed by atoms with van der Waals surface area (Å²) in [5.74, 6) is 0.446. The van der Waals surface area contributed by atoms with Crippen LogP contribution in [0.2, 0.25) is 0 Å². The Morgan fingerprint density at radius 2 is 2.00 bits per heavy atom. The van der Waals surface area contributed by atoms with Crippen molar-refractivity contribution in [2.75, 3.05) is 20.2 Å². The summed E-state index contributed by atoms with van der Waals surface area (Å²) in [4.78, 5) is 24.3. The number of aromatic nitrogens is 3. The Kier molecular flexibility index (Phi) is 5.10. The summed E-state index contributed by atoms with van der Waals surface area (Å²) < 4.78 is 21.6. The first-order valence-electron chi connectivity index (χ1n) is 10.7. The number of imidazole rings is 1. The molecule has 1 saturated carbocycles. The van der Waals surface area contributed by atoms with Crippen molar-refractivity contribution in [3.8, 4) is 29.0 Å². The highest BCUT2D eigenvalue weighted by atomic mass is 19.1. The average molecular weight is 431 g/mol. The minimum atomic E-state index is -0.618. The third kappa shape index (κ3) is 3.50. The van der Waals surface area contributed by atoms with Gasteiger partial charge in [-0.05, 0) is 49.9 Å². The third-order valence-electron chi connectivity index (χ3n) is 6.01. The number of benzene rings is 1. The number of hydrogen-bond donors (Lipinski definition) is 0. The van der Waals surface area contributed by atoms with Crippen molar-refractivity contribution >= 4 is 5.91 Å². The van der Waals surface area contributed by atoms with Gasteiger partial charge in [-0.15, -0.1) is 0 Å². The lowest BCUT2D eigenvalue weighted by Crippen LogP contribution is -2.28. The number of nitrogens with zero attached hydrogens (tertiary/aromatic N) is 5. The Labute approximate surface area is 185 Å². The van der Waals surface area contributed by atoms with Crippen LogP contribution >= 0.6 is 0 Å². The molecule has 5 rings (SSSR count). The van der Waals surface area contributed by atoms with Gasteiger partial charge in [-0.3, -0.25) is 9.36 Å². The highest BCUT2D eigenvalue weighted by Gasteiger charge is 2.37. The van der Waals surface area contributed by atoms with Crippen LogP contribution in [0.25, 0.3) is 17.1 Å². The number of pyridine rings is 1. The normalized spacial score (nSPS) is 15.6. The molecule has 0 spiro atoms. The lowest BCUT2D eigenvalue weighted by Gasteiger charge is -2.16. The molecular formula is C24H22FN5O2. The lowest BCUT2D eigenvalue weighted by molar-refractivity contribution is 0.0786. The van der Waals surface area contributed by atoms with Crippen LogP contribution in [0.1, 0.15) is 53.3 Å². The van der Waals surface area contributed by atoms with Gasteiger partial charge in [-0.25, -0.2) is 14.4 Å². The van der Waals surface area contributed by atoms with E-state index in [0.29, 0.717) is 23.0 Å². The van der Waals surface area contributed by atoms with E-state index in [-0.39, 0.29) is 17.4 Å². The van der Waals surface area contributed by atoms with E-state index in [2.05, 4.69) is 4.98 Å². The van der Waals surface area contributed by atoms with Crippen molar-refractivity contribution in [3.63, 3.8) is 0 Å². The number of carbonyl (C=O) groups is 1.